The van der Waals surface area contributed by atoms with Gasteiger partial charge in [0.1, 0.15) is 12.0 Å². The van der Waals surface area contributed by atoms with E-state index in [4.69, 9.17) is 5.73 Å². The third kappa shape index (κ3) is 2.01. The molecule has 1 nitrogen and oxygen atoms in total. The van der Waals surface area contributed by atoms with Crippen LogP contribution >= 0.6 is 0 Å². The summed E-state index contributed by atoms with van der Waals surface area (Å²) >= 11 is 0. The molecule has 0 radical (unpaired) electrons. The topological polar surface area (TPSA) is 26.0 Å². The Morgan fingerprint density at radius 2 is 2.08 bits per heavy atom. The summed E-state index contributed by atoms with van der Waals surface area (Å²) in [5.74, 6) is -0.434. The molecule has 0 amide bonds. The smallest absolute Gasteiger partial charge is 0.140 e. The van der Waals surface area contributed by atoms with E-state index in [1.807, 2.05) is 0 Å². The van der Waals surface area contributed by atoms with Gasteiger partial charge in [0.25, 0.3) is 0 Å². The van der Waals surface area contributed by atoms with Crippen LogP contribution in [0.1, 0.15) is 18.7 Å². The van der Waals surface area contributed by atoms with E-state index < -0.39 is 18.0 Å². The number of hydrogen-bond donors (Lipinski definition) is 1. The van der Waals surface area contributed by atoms with Gasteiger partial charge in [0, 0.05) is 6.04 Å². The zero-order valence-electron chi connectivity index (χ0n) is 6.80. The third-order valence-electron chi connectivity index (χ3n) is 1.63. The fraction of sp³-hybridized carbons (Fsp3) is 0.333. The molecule has 1 rings (SSSR count). The van der Waals surface area contributed by atoms with Crippen LogP contribution in [0.15, 0.2) is 24.3 Å². The second-order valence-electron chi connectivity index (χ2n) is 2.82. The number of hydrogen-bond acceptors (Lipinski definition) is 1. The quantitative estimate of drug-likeness (QED) is 0.725. The Morgan fingerprint density at radius 3 is 2.58 bits per heavy atom. The van der Waals surface area contributed by atoms with Crippen molar-refractivity contribution >= 4 is 0 Å². The number of rotatable bonds is 2. The summed E-state index contributed by atoms with van der Waals surface area (Å²) in [5.41, 5.74) is 5.62. The molecule has 0 aliphatic carbocycles. The minimum atomic E-state index is -1.29. The highest BCUT2D eigenvalue weighted by Crippen LogP contribution is 2.20. The van der Waals surface area contributed by atoms with Gasteiger partial charge in [-0.1, -0.05) is 12.1 Å². The summed E-state index contributed by atoms with van der Waals surface area (Å²) in [6, 6.07) is 4.83. The summed E-state index contributed by atoms with van der Waals surface area (Å²) in [6.07, 6.45) is -1.29. The predicted molar refractivity (Wildman–Crippen MR) is 43.9 cm³/mol. The van der Waals surface area contributed by atoms with Crippen molar-refractivity contribution in [1.29, 1.82) is 0 Å². The standard InChI is InChI=1S/C9H11F2N/c1-6(12)9(11)7-3-2-4-8(10)5-7/h2-6,9H,12H2,1H3/t6-,9-/m0/s1. The molecule has 0 saturated carbocycles. The Bertz CT molecular complexity index is 260. The molecule has 0 aliphatic heterocycles. The van der Waals surface area contributed by atoms with Crippen LogP contribution in [0.4, 0.5) is 8.78 Å². The Hall–Kier alpha value is -0.960. The first kappa shape index (κ1) is 9.13. The first-order chi connectivity index (χ1) is 5.61. The molecule has 3 heteroatoms. The van der Waals surface area contributed by atoms with Crippen molar-refractivity contribution in [1.82, 2.24) is 0 Å². The van der Waals surface area contributed by atoms with Crippen LogP contribution < -0.4 is 5.73 Å². The molecule has 0 unspecified atom stereocenters. The van der Waals surface area contributed by atoms with E-state index in [2.05, 4.69) is 0 Å². The number of benzene rings is 1. The molecule has 12 heavy (non-hydrogen) atoms. The van der Waals surface area contributed by atoms with Crippen molar-refractivity contribution in [3.05, 3.63) is 35.6 Å². The van der Waals surface area contributed by atoms with E-state index in [0.717, 1.165) is 6.07 Å². The Morgan fingerprint density at radius 1 is 1.42 bits per heavy atom. The van der Waals surface area contributed by atoms with Crippen LogP contribution in [0.25, 0.3) is 0 Å². The summed E-state index contributed by atoms with van der Waals surface area (Å²) in [5, 5.41) is 0. The molecule has 0 aromatic heterocycles. The van der Waals surface area contributed by atoms with Crippen molar-refractivity contribution in [3.8, 4) is 0 Å². The average molecular weight is 171 g/mol. The Kier molecular flexibility index (Phi) is 2.76. The number of alkyl halides is 1. The van der Waals surface area contributed by atoms with Crippen molar-refractivity contribution in [2.75, 3.05) is 0 Å². The van der Waals surface area contributed by atoms with Crippen molar-refractivity contribution in [2.24, 2.45) is 5.73 Å². The monoisotopic (exact) mass is 171 g/mol. The maximum absolute atomic E-state index is 13.1. The van der Waals surface area contributed by atoms with Gasteiger partial charge in [-0.05, 0) is 24.6 Å². The van der Waals surface area contributed by atoms with Crippen LogP contribution in [0.3, 0.4) is 0 Å². The lowest BCUT2D eigenvalue weighted by Gasteiger charge is -2.11. The number of halogens is 2. The summed E-state index contributed by atoms with van der Waals surface area (Å²) < 4.78 is 25.7. The highest BCUT2D eigenvalue weighted by atomic mass is 19.1. The minimum Gasteiger partial charge on any atom is -0.325 e. The van der Waals surface area contributed by atoms with Gasteiger partial charge in [-0.3, -0.25) is 0 Å². The van der Waals surface area contributed by atoms with Crippen LogP contribution in [0.5, 0.6) is 0 Å². The first-order valence-electron chi connectivity index (χ1n) is 3.76. The molecule has 2 atom stereocenters. The molecule has 0 spiro atoms. The van der Waals surface area contributed by atoms with Crippen LogP contribution in [0, 0.1) is 5.82 Å². The lowest BCUT2D eigenvalue weighted by Crippen LogP contribution is -2.21. The molecule has 0 heterocycles. The maximum atomic E-state index is 13.1. The van der Waals surface area contributed by atoms with E-state index >= 15 is 0 Å². The van der Waals surface area contributed by atoms with Crippen molar-refractivity contribution in [2.45, 2.75) is 19.1 Å². The van der Waals surface area contributed by atoms with E-state index in [1.165, 1.54) is 18.2 Å². The van der Waals surface area contributed by atoms with E-state index in [-0.39, 0.29) is 0 Å². The maximum Gasteiger partial charge on any atom is 0.140 e. The summed E-state index contributed by atoms with van der Waals surface area (Å²) in [4.78, 5) is 0. The normalized spacial score (nSPS) is 15.7. The third-order valence-corrected chi connectivity index (χ3v) is 1.63. The van der Waals surface area contributed by atoms with Crippen molar-refractivity contribution < 1.29 is 8.78 Å². The molecule has 1 aromatic rings. The lowest BCUT2D eigenvalue weighted by atomic mass is 10.1. The van der Waals surface area contributed by atoms with E-state index in [0.29, 0.717) is 5.56 Å². The largest absolute Gasteiger partial charge is 0.325 e. The van der Waals surface area contributed by atoms with Gasteiger partial charge in [0.15, 0.2) is 0 Å². The minimum absolute atomic E-state index is 0.296. The van der Waals surface area contributed by atoms with Crippen LogP contribution in [-0.2, 0) is 0 Å². The average Bonchev–Trinajstić information content (AvgIpc) is 2.03. The lowest BCUT2D eigenvalue weighted by molar-refractivity contribution is 0.299. The second kappa shape index (κ2) is 3.63. The summed E-state index contributed by atoms with van der Waals surface area (Å²) in [7, 11) is 0. The fourth-order valence-electron chi connectivity index (χ4n) is 0.982. The van der Waals surface area contributed by atoms with Gasteiger partial charge in [0.2, 0.25) is 0 Å². The van der Waals surface area contributed by atoms with Gasteiger partial charge < -0.3 is 5.73 Å². The molecule has 0 bridgehead atoms. The van der Waals surface area contributed by atoms with Crippen LogP contribution in [0.2, 0.25) is 0 Å². The molecule has 0 fully saturated rings. The zero-order valence-corrected chi connectivity index (χ0v) is 6.80. The number of nitrogens with two attached hydrogens (primary N) is 1. The Balaban J connectivity index is 2.88. The second-order valence-corrected chi connectivity index (χ2v) is 2.82. The molecule has 2 N–H and O–H groups in total. The highest BCUT2D eigenvalue weighted by Gasteiger charge is 2.14. The Labute approximate surface area is 70.2 Å². The van der Waals surface area contributed by atoms with E-state index in [9.17, 15) is 8.78 Å². The summed E-state index contributed by atoms with van der Waals surface area (Å²) in [6.45, 7) is 1.55. The van der Waals surface area contributed by atoms with Crippen LogP contribution in [-0.4, -0.2) is 6.04 Å². The first-order valence-corrected chi connectivity index (χ1v) is 3.76. The van der Waals surface area contributed by atoms with Gasteiger partial charge in [0.05, 0.1) is 0 Å². The van der Waals surface area contributed by atoms with Gasteiger partial charge in [-0.2, -0.15) is 0 Å². The molecule has 0 aliphatic rings. The van der Waals surface area contributed by atoms with Crippen molar-refractivity contribution in [3.63, 3.8) is 0 Å². The van der Waals surface area contributed by atoms with E-state index in [1.54, 1.807) is 6.92 Å². The molecule has 0 saturated heterocycles. The van der Waals surface area contributed by atoms with Gasteiger partial charge in [-0.15, -0.1) is 0 Å². The van der Waals surface area contributed by atoms with Gasteiger partial charge in [-0.25, -0.2) is 8.78 Å². The molecular formula is C9H11F2N. The molecule has 1 aromatic carbocycles. The highest BCUT2D eigenvalue weighted by molar-refractivity contribution is 5.19. The van der Waals surface area contributed by atoms with Gasteiger partial charge >= 0.3 is 0 Å². The predicted octanol–water partition coefficient (Wildman–Crippen LogP) is 2.18. The fourth-order valence-corrected chi connectivity index (χ4v) is 0.982. The molecule has 66 valence electrons. The molecular weight excluding hydrogens is 160 g/mol. The zero-order chi connectivity index (χ0) is 9.14. The SMILES string of the molecule is C[C@H](N)[C@H](F)c1cccc(F)c1.